The second-order valence-corrected chi connectivity index (χ2v) is 7.55. The molecule has 1 heterocycles. The highest BCUT2D eigenvalue weighted by molar-refractivity contribution is 5.31. The molecule has 0 unspecified atom stereocenters. The van der Waals surface area contributed by atoms with Crippen molar-refractivity contribution < 1.29 is 14.6 Å². The molecule has 2 atom stereocenters. The van der Waals surface area contributed by atoms with E-state index in [0.29, 0.717) is 13.2 Å². The average Bonchev–Trinajstić information content (AvgIpc) is 3.14. The third-order valence-corrected chi connectivity index (χ3v) is 4.97. The van der Waals surface area contributed by atoms with Crippen LogP contribution in [0.25, 0.3) is 0 Å². The molecular formula is C23H31NO3. The van der Waals surface area contributed by atoms with E-state index in [2.05, 4.69) is 36.1 Å². The predicted molar refractivity (Wildman–Crippen MR) is 108 cm³/mol. The molecule has 0 spiro atoms. The lowest BCUT2D eigenvalue weighted by Crippen LogP contribution is -2.39. The maximum atomic E-state index is 10.6. The van der Waals surface area contributed by atoms with E-state index < -0.39 is 6.10 Å². The number of aryl methyl sites for hydroxylation is 2. The number of benzene rings is 2. The van der Waals surface area contributed by atoms with Crippen LogP contribution in [0.4, 0.5) is 0 Å². The summed E-state index contributed by atoms with van der Waals surface area (Å²) in [5, 5.41) is 10.6. The fourth-order valence-electron chi connectivity index (χ4n) is 3.60. The number of rotatable bonds is 9. The molecular weight excluding hydrogens is 338 g/mol. The Morgan fingerprint density at radius 3 is 2.78 bits per heavy atom. The van der Waals surface area contributed by atoms with Crippen molar-refractivity contribution in [1.82, 2.24) is 4.90 Å². The Hall–Kier alpha value is -1.88. The molecule has 4 heteroatoms. The Morgan fingerprint density at radius 1 is 1.19 bits per heavy atom. The molecule has 1 aliphatic heterocycles. The molecule has 0 aliphatic carbocycles. The van der Waals surface area contributed by atoms with Gasteiger partial charge in [-0.25, -0.2) is 0 Å². The third kappa shape index (κ3) is 6.35. The normalized spacial score (nSPS) is 18.0. The fourth-order valence-corrected chi connectivity index (χ4v) is 3.60. The van der Waals surface area contributed by atoms with E-state index in [4.69, 9.17) is 9.47 Å². The number of aliphatic hydroxyl groups excluding tert-OH is 1. The van der Waals surface area contributed by atoms with Gasteiger partial charge in [0.15, 0.2) is 0 Å². The highest BCUT2D eigenvalue weighted by Crippen LogP contribution is 2.18. The highest BCUT2D eigenvalue weighted by Gasteiger charge is 2.21. The maximum absolute atomic E-state index is 10.6. The first-order valence-electron chi connectivity index (χ1n) is 9.86. The Labute approximate surface area is 162 Å². The van der Waals surface area contributed by atoms with Crippen molar-refractivity contribution in [2.45, 2.75) is 45.4 Å². The number of ether oxygens (including phenoxy) is 2. The summed E-state index contributed by atoms with van der Waals surface area (Å²) in [5.41, 5.74) is 3.61. The summed E-state index contributed by atoms with van der Waals surface area (Å²) in [6.45, 7) is 7.49. The molecule has 0 bridgehead atoms. The van der Waals surface area contributed by atoms with Crippen molar-refractivity contribution in [2.24, 2.45) is 0 Å². The first-order valence-corrected chi connectivity index (χ1v) is 9.86. The zero-order valence-corrected chi connectivity index (χ0v) is 16.4. The van der Waals surface area contributed by atoms with Gasteiger partial charge in [0.05, 0.1) is 6.10 Å². The van der Waals surface area contributed by atoms with Gasteiger partial charge in [0.2, 0.25) is 0 Å². The monoisotopic (exact) mass is 369 g/mol. The molecule has 0 amide bonds. The summed E-state index contributed by atoms with van der Waals surface area (Å²) in [6, 6.07) is 16.5. The lowest BCUT2D eigenvalue weighted by molar-refractivity contribution is 0.0313. The van der Waals surface area contributed by atoms with Crippen LogP contribution >= 0.6 is 0 Å². The van der Waals surface area contributed by atoms with E-state index in [1.165, 1.54) is 11.1 Å². The van der Waals surface area contributed by atoms with Gasteiger partial charge in [-0.05, 0) is 43.9 Å². The number of hydrogen-bond donors (Lipinski definition) is 1. The molecule has 2 aromatic carbocycles. The molecule has 2 aromatic rings. The summed E-state index contributed by atoms with van der Waals surface area (Å²) in [5.74, 6) is 0.834. The van der Waals surface area contributed by atoms with Crippen LogP contribution in [0.3, 0.4) is 0 Å². The smallest absolute Gasteiger partial charge is 0.122 e. The van der Waals surface area contributed by atoms with E-state index in [-0.39, 0.29) is 6.10 Å². The summed E-state index contributed by atoms with van der Waals surface area (Å²) < 4.78 is 11.6. The zero-order valence-electron chi connectivity index (χ0n) is 16.4. The van der Waals surface area contributed by atoms with Crippen LogP contribution in [0.2, 0.25) is 0 Å². The van der Waals surface area contributed by atoms with Crippen LogP contribution in [0.15, 0.2) is 48.5 Å². The predicted octanol–water partition coefficient (Wildman–Crippen LogP) is 3.72. The van der Waals surface area contributed by atoms with Crippen LogP contribution in [0.1, 0.15) is 29.5 Å². The van der Waals surface area contributed by atoms with Crippen LogP contribution in [0.5, 0.6) is 5.75 Å². The molecule has 1 N–H and O–H groups in total. The van der Waals surface area contributed by atoms with Crippen LogP contribution in [-0.4, -0.2) is 48.5 Å². The minimum Gasteiger partial charge on any atom is -0.491 e. The van der Waals surface area contributed by atoms with Gasteiger partial charge in [0.1, 0.15) is 18.5 Å². The second-order valence-electron chi connectivity index (χ2n) is 7.55. The van der Waals surface area contributed by atoms with E-state index in [0.717, 1.165) is 43.9 Å². The standard InChI is InChI=1S/C23H31NO3/c1-18-7-5-9-20(13-18)14-24(16-22-10-6-12-26-22)15-21(25)17-27-23-11-4-3-8-19(23)2/h3-5,7-9,11,13,21-22,25H,6,10,12,14-17H2,1-2H3/t21-,22-/m1/s1. The third-order valence-electron chi connectivity index (χ3n) is 4.97. The Kier molecular flexibility index (Phi) is 7.27. The topological polar surface area (TPSA) is 41.9 Å². The maximum Gasteiger partial charge on any atom is 0.122 e. The number of para-hydroxylation sites is 1. The van der Waals surface area contributed by atoms with Crippen LogP contribution in [-0.2, 0) is 11.3 Å². The molecule has 1 saturated heterocycles. The van der Waals surface area contributed by atoms with E-state index >= 15 is 0 Å². The SMILES string of the molecule is Cc1cccc(CN(C[C@@H](O)COc2ccccc2C)C[C@H]2CCCO2)c1. The first-order chi connectivity index (χ1) is 13.1. The van der Waals surface area contributed by atoms with Crippen molar-refractivity contribution >= 4 is 0 Å². The fraction of sp³-hybridized carbons (Fsp3) is 0.478. The molecule has 4 nitrogen and oxygen atoms in total. The molecule has 146 valence electrons. The summed E-state index contributed by atoms with van der Waals surface area (Å²) in [7, 11) is 0. The molecule has 3 rings (SSSR count). The van der Waals surface area contributed by atoms with Gasteiger partial charge in [0.25, 0.3) is 0 Å². The van der Waals surface area contributed by atoms with Gasteiger partial charge in [-0.2, -0.15) is 0 Å². The zero-order chi connectivity index (χ0) is 19.1. The second kappa shape index (κ2) is 9.88. The van der Waals surface area contributed by atoms with Crippen molar-refractivity contribution in [3.63, 3.8) is 0 Å². The Bertz CT molecular complexity index is 712. The summed E-state index contributed by atoms with van der Waals surface area (Å²) >= 11 is 0. The Balaban J connectivity index is 1.58. The van der Waals surface area contributed by atoms with Gasteiger partial charge in [0, 0.05) is 26.2 Å². The molecule has 1 aliphatic rings. The molecule has 1 fully saturated rings. The van der Waals surface area contributed by atoms with E-state index in [1.807, 2.05) is 31.2 Å². The van der Waals surface area contributed by atoms with Crippen molar-refractivity contribution in [3.8, 4) is 5.75 Å². The van der Waals surface area contributed by atoms with Gasteiger partial charge >= 0.3 is 0 Å². The van der Waals surface area contributed by atoms with Crippen molar-refractivity contribution in [1.29, 1.82) is 0 Å². The van der Waals surface area contributed by atoms with Gasteiger partial charge < -0.3 is 14.6 Å². The quantitative estimate of drug-likeness (QED) is 0.731. The van der Waals surface area contributed by atoms with Crippen molar-refractivity contribution in [2.75, 3.05) is 26.3 Å². The lowest BCUT2D eigenvalue weighted by Gasteiger charge is -2.27. The van der Waals surface area contributed by atoms with E-state index in [1.54, 1.807) is 0 Å². The number of nitrogens with zero attached hydrogens (tertiary/aromatic N) is 1. The summed E-state index contributed by atoms with van der Waals surface area (Å²) in [6.07, 6.45) is 1.94. The minimum atomic E-state index is -0.546. The van der Waals surface area contributed by atoms with Gasteiger partial charge in [-0.3, -0.25) is 4.90 Å². The lowest BCUT2D eigenvalue weighted by atomic mass is 10.1. The molecule has 0 radical (unpaired) electrons. The van der Waals surface area contributed by atoms with Gasteiger partial charge in [-0.1, -0.05) is 48.0 Å². The van der Waals surface area contributed by atoms with E-state index in [9.17, 15) is 5.11 Å². The Morgan fingerprint density at radius 2 is 2.04 bits per heavy atom. The minimum absolute atomic E-state index is 0.263. The van der Waals surface area contributed by atoms with Crippen LogP contribution < -0.4 is 4.74 Å². The first kappa shape index (κ1) is 19.9. The number of hydrogen-bond acceptors (Lipinski definition) is 4. The largest absolute Gasteiger partial charge is 0.491 e. The van der Waals surface area contributed by atoms with Crippen LogP contribution in [0, 0.1) is 13.8 Å². The summed E-state index contributed by atoms with van der Waals surface area (Å²) in [4.78, 5) is 2.29. The molecule has 27 heavy (non-hydrogen) atoms. The molecule has 0 saturated carbocycles. The number of aliphatic hydroxyl groups is 1. The highest BCUT2D eigenvalue weighted by atomic mass is 16.5. The molecule has 0 aromatic heterocycles. The van der Waals surface area contributed by atoms with Crippen molar-refractivity contribution in [3.05, 3.63) is 65.2 Å². The average molecular weight is 370 g/mol. The van der Waals surface area contributed by atoms with Gasteiger partial charge in [-0.15, -0.1) is 0 Å².